The number of ether oxygens (including phenoxy) is 2. The predicted molar refractivity (Wildman–Crippen MR) is 91.0 cm³/mol. The van der Waals surface area contributed by atoms with Gasteiger partial charge < -0.3 is 25.4 Å². The van der Waals surface area contributed by atoms with Gasteiger partial charge in [-0.1, -0.05) is 6.07 Å². The highest BCUT2D eigenvalue weighted by molar-refractivity contribution is 6.03. The van der Waals surface area contributed by atoms with E-state index in [-0.39, 0.29) is 5.91 Å². The van der Waals surface area contributed by atoms with E-state index < -0.39 is 6.03 Å². The summed E-state index contributed by atoms with van der Waals surface area (Å²) >= 11 is 0. The molecule has 0 aliphatic carbocycles. The predicted octanol–water partition coefficient (Wildman–Crippen LogP) is 2.84. The van der Waals surface area contributed by atoms with Crippen molar-refractivity contribution < 1.29 is 19.1 Å². The molecule has 2 aromatic carbocycles. The van der Waals surface area contributed by atoms with Gasteiger partial charge in [0.25, 0.3) is 0 Å². The SMILES string of the molecule is COc1cccc(NC(=O)Nc2ccc3c(c2)CC(=O)N3)c1OC. The molecule has 0 radical (unpaired) electrons. The van der Waals surface area contributed by atoms with Crippen LogP contribution >= 0.6 is 0 Å². The number of anilines is 3. The monoisotopic (exact) mass is 327 g/mol. The lowest BCUT2D eigenvalue weighted by molar-refractivity contribution is -0.115. The average Bonchev–Trinajstić information content (AvgIpc) is 2.93. The fourth-order valence-electron chi connectivity index (χ4n) is 2.58. The van der Waals surface area contributed by atoms with Gasteiger partial charge in [0.15, 0.2) is 11.5 Å². The van der Waals surface area contributed by atoms with Crippen molar-refractivity contribution in [1.82, 2.24) is 0 Å². The van der Waals surface area contributed by atoms with E-state index in [0.29, 0.717) is 29.3 Å². The molecule has 0 fully saturated rings. The minimum Gasteiger partial charge on any atom is -0.493 e. The summed E-state index contributed by atoms with van der Waals surface area (Å²) in [5.41, 5.74) is 2.73. The van der Waals surface area contributed by atoms with E-state index in [4.69, 9.17) is 9.47 Å². The molecule has 2 aromatic rings. The largest absolute Gasteiger partial charge is 0.493 e. The Morgan fingerprint density at radius 3 is 2.71 bits per heavy atom. The van der Waals surface area contributed by atoms with Gasteiger partial charge in [-0.15, -0.1) is 0 Å². The smallest absolute Gasteiger partial charge is 0.323 e. The molecule has 3 rings (SSSR count). The van der Waals surface area contributed by atoms with Crippen LogP contribution in [0.15, 0.2) is 36.4 Å². The lowest BCUT2D eigenvalue weighted by Crippen LogP contribution is -2.20. The third-order valence-corrected chi connectivity index (χ3v) is 3.64. The van der Waals surface area contributed by atoms with Gasteiger partial charge in [0.1, 0.15) is 0 Å². The summed E-state index contributed by atoms with van der Waals surface area (Å²) in [5, 5.41) is 8.21. The van der Waals surface area contributed by atoms with Crippen molar-refractivity contribution in [1.29, 1.82) is 0 Å². The Hall–Kier alpha value is -3.22. The second-order valence-corrected chi connectivity index (χ2v) is 5.22. The second kappa shape index (κ2) is 6.49. The maximum Gasteiger partial charge on any atom is 0.323 e. The fourth-order valence-corrected chi connectivity index (χ4v) is 2.58. The first-order valence-corrected chi connectivity index (χ1v) is 7.32. The van der Waals surface area contributed by atoms with Gasteiger partial charge in [-0.05, 0) is 35.9 Å². The first-order valence-electron chi connectivity index (χ1n) is 7.32. The van der Waals surface area contributed by atoms with Gasteiger partial charge in [0, 0.05) is 11.4 Å². The summed E-state index contributed by atoms with van der Waals surface area (Å²) in [6.45, 7) is 0. The quantitative estimate of drug-likeness (QED) is 0.805. The molecule has 0 bridgehead atoms. The van der Waals surface area contributed by atoms with E-state index >= 15 is 0 Å². The number of hydrogen-bond acceptors (Lipinski definition) is 4. The standard InChI is InChI=1S/C17H17N3O4/c1-23-14-5-3-4-13(16(14)24-2)20-17(22)18-11-6-7-12-10(8-11)9-15(21)19-12/h3-8H,9H2,1-2H3,(H,19,21)(H2,18,20,22). The highest BCUT2D eigenvalue weighted by atomic mass is 16.5. The number of methoxy groups -OCH3 is 2. The van der Waals surface area contributed by atoms with Gasteiger partial charge in [-0.25, -0.2) is 4.79 Å². The van der Waals surface area contributed by atoms with Crippen LogP contribution in [0, 0.1) is 0 Å². The number of para-hydroxylation sites is 1. The summed E-state index contributed by atoms with van der Waals surface area (Å²) in [6.07, 6.45) is 0.316. The summed E-state index contributed by atoms with van der Waals surface area (Å²) in [7, 11) is 3.03. The number of nitrogens with one attached hydrogen (secondary N) is 3. The molecule has 7 nitrogen and oxygen atoms in total. The van der Waals surface area contributed by atoms with Gasteiger partial charge >= 0.3 is 6.03 Å². The van der Waals surface area contributed by atoms with E-state index in [2.05, 4.69) is 16.0 Å². The van der Waals surface area contributed by atoms with Crippen LogP contribution in [-0.2, 0) is 11.2 Å². The van der Waals surface area contributed by atoms with Gasteiger partial charge in [-0.2, -0.15) is 0 Å². The van der Waals surface area contributed by atoms with Crippen LogP contribution in [0.4, 0.5) is 21.9 Å². The summed E-state index contributed by atoms with van der Waals surface area (Å²) in [4.78, 5) is 23.6. The van der Waals surface area contributed by atoms with E-state index in [1.54, 1.807) is 36.4 Å². The van der Waals surface area contributed by atoms with Gasteiger partial charge in [0.2, 0.25) is 5.91 Å². The molecule has 1 heterocycles. The molecular weight excluding hydrogens is 310 g/mol. The van der Waals surface area contributed by atoms with Crippen molar-refractivity contribution in [3.05, 3.63) is 42.0 Å². The molecule has 0 atom stereocenters. The number of hydrogen-bond donors (Lipinski definition) is 3. The Kier molecular flexibility index (Phi) is 4.24. The molecule has 24 heavy (non-hydrogen) atoms. The number of benzene rings is 2. The molecule has 124 valence electrons. The van der Waals surface area contributed by atoms with Crippen LogP contribution in [0.25, 0.3) is 0 Å². The van der Waals surface area contributed by atoms with Crippen LogP contribution in [-0.4, -0.2) is 26.2 Å². The molecule has 0 saturated carbocycles. The van der Waals surface area contributed by atoms with Gasteiger partial charge in [-0.3, -0.25) is 4.79 Å². The first kappa shape index (κ1) is 15.7. The summed E-state index contributed by atoms with van der Waals surface area (Å²) < 4.78 is 10.5. The molecular formula is C17H17N3O4. The van der Waals surface area contributed by atoms with Crippen LogP contribution < -0.4 is 25.4 Å². The Morgan fingerprint density at radius 1 is 1.12 bits per heavy atom. The number of amides is 3. The molecule has 3 amide bonds. The van der Waals surface area contributed by atoms with E-state index in [9.17, 15) is 9.59 Å². The van der Waals surface area contributed by atoms with Crippen molar-refractivity contribution in [2.24, 2.45) is 0 Å². The number of rotatable bonds is 4. The minimum atomic E-state index is -0.418. The second-order valence-electron chi connectivity index (χ2n) is 5.22. The number of carbonyl (C=O) groups excluding carboxylic acids is 2. The zero-order valence-corrected chi connectivity index (χ0v) is 13.3. The molecule has 7 heteroatoms. The zero-order chi connectivity index (χ0) is 17.1. The van der Waals surface area contributed by atoms with Crippen LogP contribution in [0.2, 0.25) is 0 Å². The summed E-state index contributed by atoms with van der Waals surface area (Å²) in [6, 6.07) is 10.1. The van der Waals surface area contributed by atoms with Crippen molar-refractivity contribution in [2.45, 2.75) is 6.42 Å². The average molecular weight is 327 g/mol. The van der Waals surface area contributed by atoms with E-state index in [1.165, 1.54) is 14.2 Å². The number of urea groups is 1. The lowest BCUT2D eigenvalue weighted by Gasteiger charge is -2.14. The van der Waals surface area contributed by atoms with Gasteiger partial charge in [0.05, 0.1) is 26.3 Å². The Labute approximate surface area is 139 Å². The van der Waals surface area contributed by atoms with Crippen LogP contribution in [0.1, 0.15) is 5.56 Å². The van der Waals surface area contributed by atoms with Crippen LogP contribution in [0.5, 0.6) is 11.5 Å². The molecule has 0 unspecified atom stereocenters. The zero-order valence-electron chi connectivity index (χ0n) is 13.3. The molecule has 3 N–H and O–H groups in total. The Bertz CT molecular complexity index is 804. The highest BCUT2D eigenvalue weighted by Crippen LogP contribution is 2.34. The van der Waals surface area contributed by atoms with Crippen molar-refractivity contribution in [3.8, 4) is 11.5 Å². The fraction of sp³-hybridized carbons (Fsp3) is 0.176. The molecule has 0 aromatic heterocycles. The summed E-state index contributed by atoms with van der Waals surface area (Å²) in [5.74, 6) is 0.920. The van der Waals surface area contributed by atoms with E-state index in [1.807, 2.05) is 0 Å². The minimum absolute atomic E-state index is 0.0484. The van der Waals surface area contributed by atoms with Crippen LogP contribution in [0.3, 0.4) is 0 Å². The number of fused-ring (bicyclic) bond motifs is 1. The molecule has 0 spiro atoms. The highest BCUT2D eigenvalue weighted by Gasteiger charge is 2.18. The maximum absolute atomic E-state index is 12.2. The van der Waals surface area contributed by atoms with Crippen molar-refractivity contribution >= 4 is 29.0 Å². The number of carbonyl (C=O) groups is 2. The third-order valence-electron chi connectivity index (χ3n) is 3.64. The third kappa shape index (κ3) is 3.10. The first-order chi connectivity index (χ1) is 11.6. The lowest BCUT2D eigenvalue weighted by atomic mass is 10.1. The van der Waals surface area contributed by atoms with Crippen molar-refractivity contribution in [3.63, 3.8) is 0 Å². The molecule has 0 saturated heterocycles. The molecule has 1 aliphatic rings. The Balaban J connectivity index is 1.73. The van der Waals surface area contributed by atoms with Crippen molar-refractivity contribution in [2.75, 3.05) is 30.2 Å². The maximum atomic E-state index is 12.2. The van der Waals surface area contributed by atoms with E-state index in [0.717, 1.165) is 11.3 Å². The molecule has 1 aliphatic heterocycles. The normalized spacial score (nSPS) is 12.2. The topological polar surface area (TPSA) is 88.7 Å². The Morgan fingerprint density at radius 2 is 1.96 bits per heavy atom.